The number of pyridine rings is 1. The molecule has 0 aliphatic carbocycles. The monoisotopic (exact) mass is 416 g/mol. The lowest BCUT2D eigenvalue weighted by Crippen LogP contribution is -2.21. The highest BCUT2D eigenvalue weighted by atomic mass is 19.4. The highest BCUT2D eigenvalue weighted by molar-refractivity contribution is 5.67. The first-order chi connectivity index (χ1) is 14.2. The molecule has 0 aliphatic rings. The number of aromatic nitrogens is 3. The van der Waals surface area contributed by atoms with E-state index in [2.05, 4.69) is 25.6 Å². The molecular formula is C21H23F3N6. The molecule has 158 valence electrons. The summed E-state index contributed by atoms with van der Waals surface area (Å²) in [6.07, 6.45) is -2.77. The molecular weight excluding hydrogens is 393 g/mol. The minimum absolute atomic E-state index is 0.328. The summed E-state index contributed by atoms with van der Waals surface area (Å²) in [6, 6.07) is 10.7. The van der Waals surface area contributed by atoms with Gasteiger partial charge in [0.2, 0.25) is 5.95 Å². The zero-order chi connectivity index (χ0) is 21.7. The van der Waals surface area contributed by atoms with Crippen molar-refractivity contribution in [1.82, 2.24) is 19.9 Å². The van der Waals surface area contributed by atoms with E-state index in [4.69, 9.17) is 0 Å². The Morgan fingerprint density at radius 1 is 1.00 bits per heavy atom. The van der Waals surface area contributed by atoms with E-state index >= 15 is 0 Å². The molecule has 2 aromatic heterocycles. The Labute approximate surface area is 173 Å². The van der Waals surface area contributed by atoms with Crippen LogP contribution in [-0.4, -0.2) is 47.0 Å². The van der Waals surface area contributed by atoms with Gasteiger partial charge in [0.1, 0.15) is 5.82 Å². The van der Waals surface area contributed by atoms with Gasteiger partial charge in [0.15, 0.2) is 0 Å². The Kier molecular flexibility index (Phi) is 6.51. The van der Waals surface area contributed by atoms with Crippen LogP contribution in [0.4, 0.5) is 30.6 Å². The van der Waals surface area contributed by atoms with Gasteiger partial charge >= 0.3 is 6.18 Å². The lowest BCUT2D eigenvalue weighted by molar-refractivity contribution is -0.137. The summed E-state index contributed by atoms with van der Waals surface area (Å²) in [4.78, 5) is 15.2. The number of likely N-dealkylation sites (N-methyl/N-ethyl adjacent to an activating group) is 1. The van der Waals surface area contributed by atoms with Crippen LogP contribution < -0.4 is 10.6 Å². The molecule has 0 fully saturated rings. The summed E-state index contributed by atoms with van der Waals surface area (Å²) in [5.41, 5.74) is 1.47. The molecule has 0 bridgehead atoms. The summed E-state index contributed by atoms with van der Waals surface area (Å²) in [5.74, 6) is 0.743. The molecule has 1 aromatic carbocycles. The lowest BCUT2D eigenvalue weighted by atomic mass is 10.1. The maximum absolute atomic E-state index is 13.1. The molecule has 3 aromatic rings. The summed E-state index contributed by atoms with van der Waals surface area (Å²) < 4.78 is 39.4. The minimum Gasteiger partial charge on any atom is -0.353 e. The second-order valence-electron chi connectivity index (χ2n) is 7.06. The Balaban J connectivity index is 1.95. The van der Waals surface area contributed by atoms with Gasteiger partial charge in [0.25, 0.3) is 0 Å². The fourth-order valence-electron chi connectivity index (χ4n) is 2.70. The van der Waals surface area contributed by atoms with Crippen LogP contribution in [0.3, 0.4) is 0 Å². The van der Waals surface area contributed by atoms with Gasteiger partial charge in [0, 0.05) is 31.0 Å². The average Bonchev–Trinajstić information content (AvgIpc) is 2.69. The molecule has 0 aliphatic heterocycles. The van der Waals surface area contributed by atoms with E-state index < -0.39 is 11.7 Å². The first-order valence-electron chi connectivity index (χ1n) is 9.36. The van der Waals surface area contributed by atoms with Crippen LogP contribution in [0.5, 0.6) is 0 Å². The Morgan fingerprint density at radius 3 is 2.47 bits per heavy atom. The molecule has 0 unspecified atom stereocenters. The number of nitrogens with one attached hydrogen (secondary N) is 2. The van der Waals surface area contributed by atoms with E-state index in [1.165, 1.54) is 6.07 Å². The van der Waals surface area contributed by atoms with Crippen LogP contribution in [0.15, 0.2) is 48.7 Å². The van der Waals surface area contributed by atoms with Crippen LogP contribution in [0, 0.1) is 6.92 Å². The van der Waals surface area contributed by atoms with Crippen molar-refractivity contribution in [3.63, 3.8) is 0 Å². The third-order valence-corrected chi connectivity index (χ3v) is 4.32. The number of alkyl halides is 3. The number of hydrogen-bond acceptors (Lipinski definition) is 6. The average molecular weight is 416 g/mol. The molecule has 0 saturated carbocycles. The molecule has 6 nitrogen and oxygen atoms in total. The van der Waals surface area contributed by atoms with Gasteiger partial charge in [-0.1, -0.05) is 12.1 Å². The lowest BCUT2D eigenvalue weighted by Gasteiger charge is -2.15. The normalized spacial score (nSPS) is 11.6. The van der Waals surface area contributed by atoms with Gasteiger partial charge in [-0.15, -0.1) is 0 Å². The second-order valence-corrected chi connectivity index (χ2v) is 7.06. The molecule has 0 atom stereocenters. The third kappa shape index (κ3) is 5.66. The zero-order valence-electron chi connectivity index (χ0n) is 17.0. The quantitative estimate of drug-likeness (QED) is 0.588. The van der Waals surface area contributed by atoms with Gasteiger partial charge < -0.3 is 15.5 Å². The van der Waals surface area contributed by atoms with Crippen molar-refractivity contribution >= 4 is 17.5 Å². The molecule has 30 heavy (non-hydrogen) atoms. The van der Waals surface area contributed by atoms with Gasteiger partial charge in [-0.3, -0.25) is 4.98 Å². The van der Waals surface area contributed by atoms with Crippen molar-refractivity contribution in [2.75, 3.05) is 37.8 Å². The molecule has 2 heterocycles. The van der Waals surface area contributed by atoms with E-state index in [1.807, 2.05) is 31.1 Å². The minimum atomic E-state index is -4.42. The van der Waals surface area contributed by atoms with Gasteiger partial charge in [0.05, 0.1) is 17.0 Å². The summed E-state index contributed by atoms with van der Waals surface area (Å²) in [6.45, 7) is 3.12. The predicted octanol–water partition coefficient (Wildman–Crippen LogP) is 4.58. The number of halogens is 3. The number of aryl methyl sites for hydroxylation is 1. The number of nitrogens with zero attached hydrogens (tertiary/aromatic N) is 4. The first kappa shape index (κ1) is 21.5. The smallest absolute Gasteiger partial charge is 0.353 e. The highest BCUT2D eigenvalue weighted by Crippen LogP contribution is 2.33. The third-order valence-electron chi connectivity index (χ3n) is 4.32. The van der Waals surface area contributed by atoms with Crippen LogP contribution >= 0.6 is 0 Å². The maximum atomic E-state index is 13.1. The van der Waals surface area contributed by atoms with Crippen molar-refractivity contribution in [3.8, 4) is 11.4 Å². The fourth-order valence-corrected chi connectivity index (χ4v) is 2.70. The van der Waals surface area contributed by atoms with Crippen LogP contribution in [0.2, 0.25) is 0 Å². The van der Waals surface area contributed by atoms with E-state index in [1.54, 1.807) is 25.3 Å². The van der Waals surface area contributed by atoms with Crippen molar-refractivity contribution in [1.29, 1.82) is 0 Å². The first-order valence-corrected chi connectivity index (χ1v) is 9.36. The molecule has 9 heteroatoms. The highest BCUT2D eigenvalue weighted by Gasteiger charge is 2.30. The predicted molar refractivity (Wildman–Crippen MR) is 112 cm³/mol. The van der Waals surface area contributed by atoms with Crippen LogP contribution in [0.25, 0.3) is 11.4 Å². The van der Waals surface area contributed by atoms with Gasteiger partial charge in [-0.05, 0) is 50.8 Å². The maximum Gasteiger partial charge on any atom is 0.416 e. The van der Waals surface area contributed by atoms with Gasteiger partial charge in [-0.2, -0.15) is 18.2 Å². The molecule has 0 spiro atoms. The van der Waals surface area contributed by atoms with E-state index in [-0.39, 0.29) is 0 Å². The van der Waals surface area contributed by atoms with Gasteiger partial charge in [-0.25, -0.2) is 4.98 Å². The number of hydrogen-bond donors (Lipinski definition) is 2. The van der Waals surface area contributed by atoms with Crippen molar-refractivity contribution < 1.29 is 13.2 Å². The number of anilines is 3. The SMILES string of the molecule is Cc1ccc(C(F)(F)F)cc1Nc1cc(-c2ccccn2)nc(NCCN(C)C)n1. The fraction of sp³-hybridized carbons (Fsp3) is 0.286. The standard InChI is InChI=1S/C21H23F3N6/c1-14-7-8-15(21(22,23)24)12-17(14)27-19-13-18(16-6-4-5-9-25-16)28-20(29-19)26-10-11-30(2)3/h4-9,12-13H,10-11H2,1-3H3,(H2,26,27,28,29). The summed E-state index contributed by atoms with van der Waals surface area (Å²) >= 11 is 0. The van der Waals surface area contributed by atoms with Crippen molar-refractivity contribution in [2.45, 2.75) is 13.1 Å². The Bertz CT molecular complexity index is 990. The molecule has 0 radical (unpaired) electrons. The zero-order valence-corrected chi connectivity index (χ0v) is 17.0. The molecule has 0 saturated heterocycles. The number of rotatable bonds is 7. The largest absolute Gasteiger partial charge is 0.416 e. The van der Waals surface area contributed by atoms with E-state index in [0.29, 0.717) is 40.9 Å². The molecule has 3 rings (SSSR count). The summed E-state index contributed by atoms with van der Waals surface area (Å²) in [5, 5.41) is 6.16. The second kappa shape index (κ2) is 9.08. The Morgan fingerprint density at radius 2 is 1.80 bits per heavy atom. The van der Waals surface area contributed by atoms with Crippen molar-refractivity contribution in [3.05, 3.63) is 59.8 Å². The van der Waals surface area contributed by atoms with E-state index in [9.17, 15) is 13.2 Å². The van der Waals surface area contributed by atoms with Crippen LogP contribution in [0.1, 0.15) is 11.1 Å². The molecule has 0 amide bonds. The summed E-state index contributed by atoms with van der Waals surface area (Å²) in [7, 11) is 3.91. The van der Waals surface area contributed by atoms with Crippen LogP contribution in [-0.2, 0) is 6.18 Å². The number of benzene rings is 1. The topological polar surface area (TPSA) is 66.0 Å². The Hall–Kier alpha value is -3.20. The molecule has 2 N–H and O–H groups in total. The van der Waals surface area contributed by atoms with Crippen molar-refractivity contribution in [2.24, 2.45) is 0 Å². The van der Waals surface area contributed by atoms with E-state index in [0.717, 1.165) is 18.7 Å².